The predicted octanol–water partition coefficient (Wildman–Crippen LogP) is 4.87. The highest BCUT2D eigenvalue weighted by atomic mass is 79.9. The number of hydrogen-bond acceptors (Lipinski definition) is 3. The largest absolute Gasteiger partial charge is 0.354 e. The molecule has 7 heteroatoms. The summed E-state index contributed by atoms with van der Waals surface area (Å²) in [5.41, 5.74) is 2.49. The fraction of sp³-hybridized carbons (Fsp3) is 0.208. The molecule has 1 N–H and O–H groups in total. The zero-order valence-corrected chi connectivity index (χ0v) is 19.9. The first kappa shape index (κ1) is 23.0. The molecular weight excluding hydrogens is 476 g/mol. The van der Waals surface area contributed by atoms with Gasteiger partial charge in [-0.2, -0.15) is 0 Å². The zero-order valence-electron chi connectivity index (χ0n) is 17.5. The molecule has 31 heavy (non-hydrogen) atoms. The molecule has 0 saturated heterocycles. The summed E-state index contributed by atoms with van der Waals surface area (Å²) in [5, 5.41) is 2.87. The Morgan fingerprint density at radius 1 is 1.00 bits per heavy atom. The van der Waals surface area contributed by atoms with Crippen LogP contribution in [0.4, 0.5) is 5.69 Å². The van der Waals surface area contributed by atoms with Gasteiger partial charge in [0.15, 0.2) is 0 Å². The van der Waals surface area contributed by atoms with E-state index in [1.807, 2.05) is 50.2 Å². The van der Waals surface area contributed by atoms with Crippen molar-refractivity contribution in [1.29, 1.82) is 0 Å². The van der Waals surface area contributed by atoms with Gasteiger partial charge < -0.3 is 5.32 Å². The number of benzene rings is 3. The Labute approximate surface area is 192 Å². The monoisotopic (exact) mass is 500 g/mol. The normalized spacial score (nSPS) is 12.2. The van der Waals surface area contributed by atoms with E-state index in [-0.39, 0.29) is 23.3 Å². The molecule has 1 atom stereocenters. The number of nitrogens with one attached hydrogen (secondary N) is 1. The van der Waals surface area contributed by atoms with Gasteiger partial charge in [0.25, 0.3) is 10.0 Å². The van der Waals surface area contributed by atoms with Gasteiger partial charge in [-0.3, -0.25) is 9.10 Å². The van der Waals surface area contributed by atoms with Crippen LogP contribution in [0.25, 0.3) is 0 Å². The second-order valence-corrected chi connectivity index (χ2v) is 10.2. The molecule has 0 aliphatic carbocycles. The number of halogens is 1. The lowest BCUT2D eigenvalue weighted by Gasteiger charge is -2.25. The van der Waals surface area contributed by atoms with Gasteiger partial charge in [0.1, 0.15) is 6.54 Å². The van der Waals surface area contributed by atoms with Gasteiger partial charge in [-0.25, -0.2) is 8.42 Å². The van der Waals surface area contributed by atoms with Crippen molar-refractivity contribution in [1.82, 2.24) is 5.32 Å². The topological polar surface area (TPSA) is 66.5 Å². The number of carbonyl (C=O) groups excluding carboxylic acids is 1. The standard InChI is InChI=1S/C24H25BrN2O3S/c1-18-11-13-23(14-12-18)31(29,30)27(22-10-6-9-21(25)15-22)17-24(28)26-16-19(2)20-7-4-3-5-8-20/h3-15,19H,16-17H2,1-2H3,(H,26,28)/t19-/m0/s1. The fourth-order valence-corrected chi connectivity index (χ4v) is 4.94. The molecule has 1 amide bonds. The van der Waals surface area contributed by atoms with Crippen LogP contribution in [0.15, 0.2) is 88.2 Å². The number of anilines is 1. The van der Waals surface area contributed by atoms with Gasteiger partial charge in [-0.15, -0.1) is 0 Å². The van der Waals surface area contributed by atoms with Crippen molar-refractivity contribution in [3.63, 3.8) is 0 Å². The average molecular weight is 501 g/mol. The SMILES string of the molecule is Cc1ccc(S(=O)(=O)N(CC(=O)NC[C@H](C)c2ccccc2)c2cccc(Br)c2)cc1. The minimum atomic E-state index is -3.92. The van der Waals surface area contributed by atoms with Gasteiger partial charge in [0.2, 0.25) is 5.91 Å². The Hall–Kier alpha value is -2.64. The first-order valence-electron chi connectivity index (χ1n) is 9.94. The summed E-state index contributed by atoms with van der Waals surface area (Å²) >= 11 is 3.38. The lowest BCUT2D eigenvalue weighted by molar-refractivity contribution is -0.119. The maximum atomic E-state index is 13.4. The minimum absolute atomic E-state index is 0.109. The number of rotatable bonds is 8. The molecule has 0 radical (unpaired) electrons. The number of nitrogens with zero attached hydrogens (tertiary/aromatic N) is 1. The minimum Gasteiger partial charge on any atom is -0.354 e. The molecule has 3 aromatic carbocycles. The average Bonchev–Trinajstić information content (AvgIpc) is 2.76. The molecule has 0 aliphatic heterocycles. The molecule has 3 aromatic rings. The molecule has 0 unspecified atom stereocenters. The lowest BCUT2D eigenvalue weighted by atomic mass is 10.0. The predicted molar refractivity (Wildman–Crippen MR) is 128 cm³/mol. The molecule has 0 fully saturated rings. The van der Waals surface area contributed by atoms with Crippen molar-refractivity contribution in [2.75, 3.05) is 17.4 Å². The van der Waals surface area contributed by atoms with E-state index in [0.29, 0.717) is 12.2 Å². The van der Waals surface area contributed by atoms with Gasteiger partial charge in [-0.1, -0.05) is 76.9 Å². The molecule has 0 bridgehead atoms. The highest BCUT2D eigenvalue weighted by Gasteiger charge is 2.27. The first-order chi connectivity index (χ1) is 14.8. The third kappa shape index (κ3) is 5.95. The quantitative estimate of drug-likeness (QED) is 0.479. The molecule has 0 saturated carbocycles. The first-order valence-corrected chi connectivity index (χ1v) is 12.2. The summed E-state index contributed by atoms with van der Waals surface area (Å²) < 4.78 is 28.6. The summed E-state index contributed by atoms with van der Waals surface area (Å²) in [6.45, 7) is 4.02. The highest BCUT2D eigenvalue weighted by Crippen LogP contribution is 2.26. The van der Waals surface area contributed by atoms with Crippen molar-refractivity contribution in [2.45, 2.75) is 24.7 Å². The molecule has 0 heterocycles. The van der Waals surface area contributed by atoms with Crippen molar-refractivity contribution < 1.29 is 13.2 Å². The van der Waals surface area contributed by atoms with Crippen LogP contribution >= 0.6 is 15.9 Å². The third-order valence-electron chi connectivity index (χ3n) is 4.97. The number of hydrogen-bond donors (Lipinski definition) is 1. The summed E-state index contributed by atoms with van der Waals surface area (Å²) in [6.07, 6.45) is 0. The zero-order chi connectivity index (χ0) is 22.4. The Morgan fingerprint density at radius 3 is 2.32 bits per heavy atom. The van der Waals surface area contributed by atoms with E-state index >= 15 is 0 Å². The van der Waals surface area contributed by atoms with Crippen LogP contribution in [0.2, 0.25) is 0 Å². The van der Waals surface area contributed by atoms with Gasteiger partial charge in [-0.05, 0) is 48.7 Å². The third-order valence-corrected chi connectivity index (χ3v) is 7.25. The van der Waals surface area contributed by atoms with Crippen molar-refractivity contribution >= 4 is 37.5 Å². The maximum absolute atomic E-state index is 13.4. The van der Waals surface area contributed by atoms with Crippen LogP contribution in [0, 0.1) is 6.92 Å². The van der Waals surface area contributed by atoms with E-state index in [2.05, 4.69) is 21.2 Å². The molecule has 0 spiro atoms. The number of amides is 1. The van der Waals surface area contributed by atoms with Gasteiger partial charge >= 0.3 is 0 Å². The van der Waals surface area contributed by atoms with Crippen LogP contribution in [-0.4, -0.2) is 27.4 Å². The van der Waals surface area contributed by atoms with E-state index in [1.165, 1.54) is 0 Å². The second-order valence-electron chi connectivity index (χ2n) is 7.42. The van der Waals surface area contributed by atoms with Gasteiger partial charge in [0, 0.05) is 11.0 Å². The summed E-state index contributed by atoms with van der Waals surface area (Å²) in [6, 6.07) is 23.4. The van der Waals surface area contributed by atoms with E-state index in [9.17, 15) is 13.2 Å². The molecule has 0 aromatic heterocycles. The van der Waals surface area contributed by atoms with Crippen molar-refractivity contribution in [3.8, 4) is 0 Å². The Bertz CT molecular complexity index is 1130. The van der Waals surface area contributed by atoms with Crippen LogP contribution in [-0.2, 0) is 14.8 Å². The maximum Gasteiger partial charge on any atom is 0.264 e. The van der Waals surface area contributed by atoms with E-state index < -0.39 is 10.0 Å². The number of sulfonamides is 1. The van der Waals surface area contributed by atoms with E-state index in [0.717, 1.165) is 19.9 Å². The molecular formula is C24H25BrN2O3S. The number of carbonyl (C=O) groups is 1. The molecule has 162 valence electrons. The Balaban J connectivity index is 1.81. The van der Waals surface area contributed by atoms with E-state index in [4.69, 9.17) is 0 Å². The van der Waals surface area contributed by atoms with Crippen molar-refractivity contribution in [2.24, 2.45) is 0 Å². The summed E-state index contributed by atoms with van der Waals surface area (Å²) in [4.78, 5) is 12.9. The van der Waals surface area contributed by atoms with Crippen LogP contribution in [0.1, 0.15) is 24.0 Å². The molecule has 0 aliphatic rings. The Morgan fingerprint density at radius 2 is 1.68 bits per heavy atom. The van der Waals surface area contributed by atoms with Gasteiger partial charge in [0.05, 0.1) is 10.6 Å². The second kappa shape index (κ2) is 10.1. The lowest BCUT2D eigenvalue weighted by Crippen LogP contribution is -2.41. The van der Waals surface area contributed by atoms with Crippen LogP contribution in [0.5, 0.6) is 0 Å². The molecule has 3 rings (SSSR count). The summed E-state index contributed by atoms with van der Waals surface area (Å²) in [5.74, 6) is -0.253. The fourth-order valence-electron chi connectivity index (χ4n) is 3.14. The number of aryl methyl sites for hydroxylation is 1. The summed E-state index contributed by atoms with van der Waals surface area (Å²) in [7, 11) is -3.92. The van der Waals surface area contributed by atoms with Crippen LogP contribution < -0.4 is 9.62 Å². The van der Waals surface area contributed by atoms with Crippen molar-refractivity contribution in [3.05, 3.63) is 94.5 Å². The smallest absolute Gasteiger partial charge is 0.264 e. The highest BCUT2D eigenvalue weighted by molar-refractivity contribution is 9.10. The van der Waals surface area contributed by atoms with E-state index in [1.54, 1.807) is 42.5 Å². The van der Waals surface area contributed by atoms with Crippen LogP contribution in [0.3, 0.4) is 0 Å². The Kier molecular flexibility index (Phi) is 7.51. The molecule has 5 nitrogen and oxygen atoms in total.